The maximum Gasteiger partial charge on any atom is 0.417 e. The van der Waals surface area contributed by atoms with Gasteiger partial charge in [0.15, 0.2) is 0 Å². The van der Waals surface area contributed by atoms with Gasteiger partial charge < -0.3 is 9.80 Å². The summed E-state index contributed by atoms with van der Waals surface area (Å²) in [7, 11) is 0. The highest BCUT2D eigenvalue weighted by Crippen LogP contribution is 2.37. The Hall–Kier alpha value is -2.43. The zero-order valence-electron chi connectivity index (χ0n) is 20.1. The van der Waals surface area contributed by atoms with Gasteiger partial charge in [-0.05, 0) is 25.0 Å². The summed E-state index contributed by atoms with van der Waals surface area (Å²) in [5.74, 6) is 0.865. The number of carbonyl (C=O) groups excluding carboxylic acids is 1. The van der Waals surface area contributed by atoms with Gasteiger partial charge in [0.2, 0.25) is 5.91 Å². The normalized spacial score (nSPS) is 20.4. The van der Waals surface area contributed by atoms with Gasteiger partial charge in [0, 0.05) is 64.0 Å². The number of benzene rings is 1. The van der Waals surface area contributed by atoms with Crippen molar-refractivity contribution in [3.05, 3.63) is 41.2 Å². The van der Waals surface area contributed by atoms with Crippen molar-refractivity contribution in [2.75, 3.05) is 63.8 Å². The molecule has 2 saturated heterocycles. The Bertz CT molecular complexity index is 1060. The third-order valence-corrected chi connectivity index (χ3v) is 7.85. The predicted octanol–water partition coefficient (Wildman–Crippen LogP) is 3.63. The van der Waals surface area contributed by atoms with Crippen molar-refractivity contribution in [1.82, 2.24) is 24.7 Å². The van der Waals surface area contributed by atoms with Crippen LogP contribution in [-0.2, 0) is 11.0 Å². The van der Waals surface area contributed by atoms with Crippen molar-refractivity contribution in [3.63, 3.8) is 0 Å². The monoisotopic (exact) mass is 522 g/mol. The van der Waals surface area contributed by atoms with Gasteiger partial charge >= 0.3 is 6.18 Å². The molecule has 0 N–H and O–H groups in total. The lowest BCUT2D eigenvalue weighted by atomic mass is 9.91. The van der Waals surface area contributed by atoms with Crippen molar-refractivity contribution in [1.29, 1.82) is 0 Å². The molecule has 1 aromatic carbocycles. The number of hydrogen-bond acceptors (Lipinski definition) is 6. The fourth-order valence-corrected chi connectivity index (χ4v) is 5.27. The summed E-state index contributed by atoms with van der Waals surface area (Å²) in [4.78, 5) is 30.4. The molecule has 2 aromatic rings. The quantitative estimate of drug-likeness (QED) is 0.598. The molecular weight excluding hydrogens is 493 g/mol. The fraction of sp³-hybridized carbons (Fsp3) is 0.560. The smallest absolute Gasteiger partial charge is 0.353 e. The average Bonchev–Trinajstić information content (AvgIpc) is 2.84. The first-order valence-corrected chi connectivity index (χ1v) is 12.8. The number of rotatable bonds is 5. The van der Waals surface area contributed by atoms with Crippen LogP contribution in [0, 0.1) is 0 Å². The molecular formula is C25H30ClF3N6O. The third kappa shape index (κ3) is 5.60. The summed E-state index contributed by atoms with van der Waals surface area (Å²) < 4.78 is 39.5. The summed E-state index contributed by atoms with van der Waals surface area (Å²) >= 11 is 5.71. The Morgan fingerprint density at radius 2 is 1.69 bits per heavy atom. The topological polar surface area (TPSA) is 55.8 Å². The molecule has 1 saturated carbocycles. The highest BCUT2D eigenvalue weighted by Gasteiger charge is 2.34. The maximum absolute atomic E-state index is 13.2. The van der Waals surface area contributed by atoms with E-state index in [1.54, 1.807) is 6.20 Å². The van der Waals surface area contributed by atoms with E-state index in [0.717, 1.165) is 51.4 Å². The lowest BCUT2D eigenvalue weighted by molar-refractivity contribution is -0.137. The SMILES string of the molecule is O=C(CN1CCN(c2cnc(-c3ccc(Cl)c(C(F)(F)F)c3)cn2)CC1)N1CCN(C2CCC2)CC1. The minimum Gasteiger partial charge on any atom is -0.353 e. The van der Waals surface area contributed by atoms with Crippen LogP contribution in [0.5, 0.6) is 0 Å². The van der Waals surface area contributed by atoms with Gasteiger partial charge in [-0.1, -0.05) is 24.1 Å². The third-order valence-electron chi connectivity index (χ3n) is 7.52. The summed E-state index contributed by atoms with van der Waals surface area (Å²) in [5.41, 5.74) is -0.233. The molecule has 2 aliphatic heterocycles. The minimum atomic E-state index is -4.54. The summed E-state index contributed by atoms with van der Waals surface area (Å²) in [6.07, 6.45) is 2.46. The van der Waals surface area contributed by atoms with Crippen LogP contribution in [0.15, 0.2) is 30.6 Å². The van der Waals surface area contributed by atoms with E-state index in [2.05, 4.69) is 24.7 Å². The van der Waals surface area contributed by atoms with E-state index in [4.69, 9.17) is 11.6 Å². The van der Waals surface area contributed by atoms with Crippen LogP contribution >= 0.6 is 11.6 Å². The van der Waals surface area contributed by atoms with Crippen LogP contribution < -0.4 is 4.90 Å². The van der Waals surface area contributed by atoms with Gasteiger partial charge in [-0.25, -0.2) is 4.98 Å². The van der Waals surface area contributed by atoms with Gasteiger partial charge in [0.25, 0.3) is 0 Å². The molecule has 194 valence electrons. The molecule has 7 nitrogen and oxygen atoms in total. The van der Waals surface area contributed by atoms with Gasteiger partial charge in [-0.3, -0.25) is 19.6 Å². The maximum atomic E-state index is 13.2. The van der Waals surface area contributed by atoms with Crippen molar-refractivity contribution in [2.24, 2.45) is 0 Å². The summed E-state index contributed by atoms with van der Waals surface area (Å²) in [6.45, 7) is 6.90. The number of alkyl halides is 3. The second-order valence-corrected chi connectivity index (χ2v) is 10.1. The summed E-state index contributed by atoms with van der Waals surface area (Å²) in [6, 6.07) is 4.46. The number of aromatic nitrogens is 2. The number of hydrogen-bond donors (Lipinski definition) is 0. The first-order valence-electron chi connectivity index (χ1n) is 12.5. The first kappa shape index (κ1) is 25.2. The number of amides is 1. The number of nitrogens with zero attached hydrogens (tertiary/aromatic N) is 6. The summed E-state index contributed by atoms with van der Waals surface area (Å²) in [5, 5.41) is -0.344. The molecule has 0 unspecified atom stereocenters. The molecule has 1 aliphatic carbocycles. The van der Waals surface area contributed by atoms with E-state index >= 15 is 0 Å². The number of anilines is 1. The van der Waals surface area contributed by atoms with E-state index in [1.165, 1.54) is 37.6 Å². The van der Waals surface area contributed by atoms with Crippen LogP contribution in [0.1, 0.15) is 24.8 Å². The number of carbonyl (C=O) groups is 1. The lowest BCUT2D eigenvalue weighted by Crippen LogP contribution is -2.56. The van der Waals surface area contributed by atoms with Crippen molar-refractivity contribution in [2.45, 2.75) is 31.5 Å². The van der Waals surface area contributed by atoms with Crippen molar-refractivity contribution >= 4 is 23.3 Å². The minimum absolute atomic E-state index is 0.196. The Balaban J connectivity index is 1.11. The molecule has 1 amide bonds. The largest absolute Gasteiger partial charge is 0.417 e. The molecule has 3 heterocycles. The highest BCUT2D eigenvalue weighted by molar-refractivity contribution is 6.31. The first-order chi connectivity index (χ1) is 17.3. The van der Waals surface area contributed by atoms with Gasteiger partial charge in [0.05, 0.1) is 35.2 Å². The molecule has 0 atom stereocenters. The van der Waals surface area contributed by atoms with E-state index in [1.807, 2.05) is 4.90 Å². The molecule has 36 heavy (non-hydrogen) atoms. The fourth-order valence-electron chi connectivity index (χ4n) is 5.05. The number of piperazine rings is 2. The highest BCUT2D eigenvalue weighted by atomic mass is 35.5. The molecule has 3 fully saturated rings. The zero-order chi connectivity index (χ0) is 25.3. The van der Waals surface area contributed by atoms with Crippen LogP contribution in [0.4, 0.5) is 19.0 Å². The Morgan fingerprint density at radius 3 is 2.28 bits per heavy atom. The second-order valence-electron chi connectivity index (χ2n) is 9.72. The van der Waals surface area contributed by atoms with Crippen LogP contribution in [0.2, 0.25) is 5.02 Å². The van der Waals surface area contributed by atoms with Crippen LogP contribution in [0.25, 0.3) is 11.3 Å². The van der Waals surface area contributed by atoms with Gasteiger partial charge in [0.1, 0.15) is 5.82 Å². The lowest BCUT2D eigenvalue weighted by Gasteiger charge is -2.43. The van der Waals surface area contributed by atoms with E-state index in [0.29, 0.717) is 36.7 Å². The van der Waals surface area contributed by atoms with Gasteiger partial charge in [-0.2, -0.15) is 13.2 Å². The van der Waals surface area contributed by atoms with Crippen molar-refractivity contribution < 1.29 is 18.0 Å². The molecule has 5 rings (SSSR count). The average molecular weight is 523 g/mol. The van der Waals surface area contributed by atoms with Crippen molar-refractivity contribution in [3.8, 4) is 11.3 Å². The standard InChI is InChI=1S/C25H30ClF3N6O/c26-21-5-4-18(14-20(21)25(27,28)29)22-15-31-23(16-30-22)34-8-6-32(7-9-34)17-24(36)35-12-10-33(11-13-35)19-2-1-3-19/h4-5,14-16,19H,1-3,6-13,17H2. The van der Waals surface area contributed by atoms with Crippen LogP contribution in [-0.4, -0.2) is 95.5 Å². The molecule has 0 bridgehead atoms. The Morgan fingerprint density at radius 1 is 0.972 bits per heavy atom. The molecule has 0 spiro atoms. The van der Waals surface area contributed by atoms with Crippen LogP contribution in [0.3, 0.4) is 0 Å². The number of halogens is 4. The molecule has 11 heteroatoms. The molecule has 1 aromatic heterocycles. The predicted molar refractivity (Wildman–Crippen MR) is 132 cm³/mol. The van der Waals surface area contributed by atoms with E-state index < -0.39 is 11.7 Å². The van der Waals surface area contributed by atoms with Gasteiger partial charge in [-0.15, -0.1) is 0 Å². The zero-order valence-corrected chi connectivity index (χ0v) is 20.8. The van der Waals surface area contributed by atoms with E-state index in [9.17, 15) is 18.0 Å². The second kappa shape index (κ2) is 10.5. The molecule has 0 radical (unpaired) electrons. The Kier molecular flexibility index (Phi) is 7.37. The van der Waals surface area contributed by atoms with E-state index in [-0.39, 0.29) is 10.9 Å². The molecule has 3 aliphatic rings. The Labute approximate surface area is 213 Å².